The summed E-state index contributed by atoms with van der Waals surface area (Å²) in [6, 6.07) is 5.45. The second kappa shape index (κ2) is 5.82. The number of halogens is 2. The van der Waals surface area contributed by atoms with Crippen molar-refractivity contribution >= 4 is 50.0 Å². The Morgan fingerprint density at radius 1 is 1.45 bits per heavy atom. The summed E-state index contributed by atoms with van der Waals surface area (Å²) >= 11 is 6.71. The molecule has 2 saturated heterocycles. The van der Waals surface area contributed by atoms with Gasteiger partial charge in [0.25, 0.3) is 5.91 Å². The fraction of sp³-hybridized carbons (Fsp3) is 0.385. The molecule has 22 heavy (non-hydrogen) atoms. The lowest BCUT2D eigenvalue weighted by atomic mass is 10.2. The first kappa shape index (κ1) is 15.8. The molecule has 9 heteroatoms. The number of nitrogens with zero attached hydrogens (tertiary/aromatic N) is 2. The third kappa shape index (κ3) is 3.00. The summed E-state index contributed by atoms with van der Waals surface area (Å²) in [6.45, 7) is 0. The maximum atomic E-state index is 13.5. The predicted molar refractivity (Wildman–Crippen MR) is 85.9 cm³/mol. The number of benzene rings is 1. The molecule has 5 nitrogen and oxygen atoms in total. The highest BCUT2D eigenvalue weighted by atomic mass is 35.5. The minimum atomic E-state index is -3.14. The van der Waals surface area contributed by atoms with Crippen LogP contribution < -0.4 is 4.90 Å². The maximum absolute atomic E-state index is 13.5. The molecule has 0 N–H and O–H groups in total. The number of hydrogen-bond acceptors (Lipinski definition) is 4. The van der Waals surface area contributed by atoms with Crippen molar-refractivity contribution in [3.05, 3.63) is 30.1 Å². The van der Waals surface area contributed by atoms with E-state index in [1.165, 1.54) is 30.0 Å². The first-order valence-corrected chi connectivity index (χ1v) is 9.72. The molecule has 2 aliphatic rings. The van der Waals surface area contributed by atoms with Crippen LogP contribution in [0.3, 0.4) is 0 Å². The van der Waals surface area contributed by atoms with Crippen molar-refractivity contribution in [3.63, 3.8) is 0 Å². The van der Waals surface area contributed by atoms with Gasteiger partial charge in [0, 0.05) is 10.9 Å². The normalized spacial score (nSPS) is 28.1. The van der Waals surface area contributed by atoms with Crippen LogP contribution in [-0.4, -0.2) is 48.2 Å². The van der Waals surface area contributed by atoms with Crippen LogP contribution >= 0.6 is 23.4 Å². The Balaban J connectivity index is 2.03. The van der Waals surface area contributed by atoms with Crippen molar-refractivity contribution < 1.29 is 17.6 Å². The molecule has 2 fully saturated rings. The molecule has 0 unspecified atom stereocenters. The Morgan fingerprint density at radius 3 is 2.91 bits per heavy atom. The topological polar surface area (TPSA) is 66.8 Å². The minimum Gasteiger partial charge on any atom is -0.315 e. The molecule has 2 atom stereocenters. The van der Waals surface area contributed by atoms with Crippen LogP contribution in [0.5, 0.6) is 0 Å². The number of fused-ring (bicyclic) bond motifs is 1. The molecule has 1 aromatic rings. The zero-order valence-electron chi connectivity index (χ0n) is 11.3. The van der Waals surface area contributed by atoms with E-state index in [0.717, 1.165) is 0 Å². The predicted octanol–water partition coefficient (Wildman–Crippen LogP) is 1.67. The van der Waals surface area contributed by atoms with E-state index in [1.54, 1.807) is 11.0 Å². The zero-order chi connectivity index (χ0) is 15.9. The number of hydrogen-bond donors (Lipinski definition) is 0. The second-order valence-corrected chi connectivity index (χ2v) is 8.70. The standard InChI is InChI=1S/C13H12ClFN2O3S2/c14-5-12(18)16-13-17(9-3-1-2-8(15)4-9)10-6-22(19,20)7-11(10)21-13/h1-4,10-11H,5-7H2/t10-,11-/m0/s1. The van der Waals surface area contributed by atoms with E-state index in [4.69, 9.17) is 11.6 Å². The third-order valence-electron chi connectivity index (χ3n) is 3.49. The molecular formula is C13H12ClFN2O3S2. The fourth-order valence-electron chi connectivity index (χ4n) is 2.63. The molecule has 0 aromatic heterocycles. The van der Waals surface area contributed by atoms with E-state index in [-0.39, 0.29) is 28.7 Å². The molecule has 0 bridgehead atoms. The number of thioether (sulfide) groups is 1. The summed E-state index contributed by atoms with van der Waals surface area (Å²) in [5.41, 5.74) is 0.484. The lowest BCUT2D eigenvalue weighted by Gasteiger charge is -2.24. The summed E-state index contributed by atoms with van der Waals surface area (Å²) in [5.74, 6) is -1.20. The van der Waals surface area contributed by atoms with Gasteiger partial charge in [-0.3, -0.25) is 4.79 Å². The van der Waals surface area contributed by atoms with Crippen molar-refractivity contribution in [2.45, 2.75) is 11.3 Å². The lowest BCUT2D eigenvalue weighted by Crippen LogP contribution is -2.37. The number of rotatable bonds is 2. The first-order valence-electron chi connectivity index (χ1n) is 6.49. The molecule has 2 aliphatic heterocycles. The number of carbonyl (C=O) groups is 1. The number of alkyl halides is 1. The van der Waals surface area contributed by atoms with Gasteiger partial charge < -0.3 is 4.90 Å². The monoisotopic (exact) mass is 362 g/mol. The van der Waals surface area contributed by atoms with Crippen LogP contribution in [0, 0.1) is 5.82 Å². The van der Waals surface area contributed by atoms with Gasteiger partial charge in [0.05, 0.1) is 17.5 Å². The summed E-state index contributed by atoms with van der Waals surface area (Å²) in [7, 11) is -3.14. The van der Waals surface area contributed by atoms with Crippen molar-refractivity contribution in [1.29, 1.82) is 0 Å². The molecular weight excluding hydrogens is 351 g/mol. The van der Waals surface area contributed by atoms with E-state index < -0.39 is 21.6 Å². The Hall–Kier alpha value is -1.12. The Morgan fingerprint density at radius 2 is 2.23 bits per heavy atom. The number of sulfone groups is 1. The number of aliphatic imine (C=N–C) groups is 1. The number of carbonyl (C=O) groups excluding carboxylic acids is 1. The van der Waals surface area contributed by atoms with E-state index in [1.807, 2.05) is 0 Å². The number of amidine groups is 1. The summed E-state index contributed by atoms with van der Waals surface area (Å²) in [4.78, 5) is 17.1. The molecule has 3 rings (SSSR count). The van der Waals surface area contributed by atoms with Gasteiger partial charge in [-0.1, -0.05) is 17.8 Å². The highest BCUT2D eigenvalue weighted by Gasteiger charge is 2.49. The zero-order valence-corrected chi connectivity index (χ0v) is 13.7. The van der Waals surface area contributed by atoms with Gasteiger partial charge in [0.15, 0.2) is 15.0 Å². The quantitative estimate of drug-likeness (QED) is 0.749. The van der Waals surface area contributed by atoms with Crippen molar-refractivity contribution in [3.8, 4) is 0 Å². The Kier molecular flexibility index (Phi) is 4.17. The first-order chi connectivity index (χ1) is 10.4. The Labute approximate surface area is 136 Å². The second-order valence-electron chi connectivity index (χ2n) is 5.07. The van der Waals surface area contributed by atoms with Crippen molar-refractivity contribution in [2.24, 2.45) is 4.99 Å². The molecule has 1 aromatic carbocycles. The number of anilines is 1. The Bertz CT molecular complexity index is 753. The number of amides is 1. The van der Waals surface area contributed by atoms with Crippen LogP contribution in [0.1, 0.15) is 0 Å². The van der Waals surface area contributed by atoms with Crippen LogP contribution in [0.2, 0.25) is 0 Å². The smallest absolute Gasteiger partial charge is 0.262 e. The van der Waals surface area contributed by atoms with Gasteiger partial charge in [-0.05, 0) is 18.2 Å². The van der Waals surface area contributed by atoms with Gasteiger partial charge in [-0.25, -0.2) is 12.8 Å². The molecule has 118 valence electrons. The molecule has 0 saturated carbocycles. The van der Waals surface area contributed by atoms with Gasteiger partial charge in [-0.2, -0.15) is 4.99 Å². The van der Waals surface area contributed by atoms with Crippen LogP contribution in [0.15, 0.2) is 29.3 Å². The summed E-state index contributed by atoms with van der Waals surface area (Å²) in [5, 5.41) is 0.163. The summed E-state index contributed by atoms with van der Waals surface area (Å²) < 4.78 is 37.2. The lowest BCUT2D eigenvalue weighted by molar-refractivity contribution is -0.115. The highest BCUT2D eigenvalue weighted by molar-refractivity contribution is 8.16. The summed E-state index contributed by atoms with van der Waals surface area (Å²) in [6.07, 6.45) is 0. The van der Waals surface area contributed by atoms with E-state index in [9.17, 15) is 17.6 Å². The van der Waals surface area contributed by atoms with Gasteiger partial charge in [0.2, 0.25) is 0 Å². The third-order valence-corrected chi connectivity index (χ3v) is 6.93. The highest BCUT2D eigenvalue weighted by Crippen LogP contribution is 2.41. The van der Waals surface area contributed by atoms with E-state index in [2.05, 4.69) is 4.99 Å². The average Bonchev–Trinajstić information content (AvgIpc) is 2.89. The SMILES string of the molecule is O=C(CCl)N=C1S[C@H]2CS(=O)(=O)C[C@@H]2N1c1cccc(F)c1. The van der Waals surface area contributed by atoms with Gasteiger partial charge >= 0.3 is 0 Å². The van der Waals surface area contributed by atoms with Crippen LogP contribution in [-0.2, 0) is 14.6 Å². The minimum absolute atomic E-state index is 0.0300. The van der Waals surface area contributed by atoms with Crippen LogP contribution in [0.4, 0.5) is 10.1 Å². The van der Waals surface area contributed by atoms with Crippen LogP contribution in [0.25, 0.3) is 0 Å². The van der Waals surface area contributed by atoms with Crippen molar-refractivity contribution in [2.75, 3.05) is 22.3 Å². The molecule has 2 heterocycles. The van der Waals surface area contributed by atoms with E-state index in [0.29, 0.717) is 10.9 Å². The van der Waals surface area contributed by atoms with Gasteiger partial charge in [-0.15, -0.1) is 11.6 Å². The molecule has 0 aliphatic carbocycles. The molecule has 0 radical (unpaired) electrons. The fourth-order valence-corrected chi connectivity index (χ4v) is 6.62. The maximum Gasteiger partial charge on any atom is 0.262 e. The van der Waals surface area contributed by atoms with Crippen molar-refractivity contribution in [1.82, 2.24) is 0 Å². The van der Waals surface area contributed by atoms with E-state index >= 15 is 0 Å². The largest absolute Gasteiger partial charge is 0.315 e. The van der Waals surface area contributed by atoms with Gasteiger partial charge in [0.1, 0.15) is 11.7 Å². The molecule has 1 amide bonds. The average molecular weight is 363 g/mol. The molecule has 0 spiro atoms.